The number of rotatable bonds is 27. The number of carbonyl (C=O) groups excluding carboxylic acids is 3. The van der Waals surface area contributed by atoms with Crippen molar-refractivity contribution < 1.29 is 56.6 Å². The zero-order chi connectivity index (χ0) is 46.3. The van der Waals surface area contributed by atoms with Crippen LogP contribution in [0.2, 0.25) is 0 Å². The van der Waals surface area contributed by atoms with Gasteiger partial charge in [0.2, 0.25) is 0 Å². The lowest BCUT2D eigenvalue weighted by molar-refractivity contribution is -0.163. The normalized spacial score (nSPS) is 23.1. The number of aromatic hydroxyl groups is 1. The molecule has 0 radical (unpaired) electrons. The molecule has 3 aliphatic rings. The monoisotopic (exact) mass is 916 g/mol. The van der Waals surface area contributed by atoms with Gasteiger partial charge in [-0.2, -0.15) is 0 Å². The minimum atomic E-state index is -3.87. The van der Waals surface area contributed by atoms with Gasteiger partial charge in [0, 0.05) is 12.0 Å². The second kappa shape index (κ2) is 24.6. The lowest BCUT2D eigenvalue weighted by Gasteiger charge is -2.50. The molecule has 0 heterocycles. The standard InChI is InChI=1S/C48H74N3O12P/c1-6-10-12-32(8-3)29-59-64(56,60-30-33(9-4)13-11-7-2)63-35-15-17-36-34(28-35)14-16-38-37(36)22-23-48(5)39(38)18-21-42(48)62-43(52)31-58-27-26-57-25-24-51-47(55)61-41-20-19-40(49)45(53)44(41)46(50)54/h15,17,19-20,28,32-33,37-39,42,53H,6-14,16,18,21-27,29-31,49H2,1-5H3,(H2,50,54)(H,51,55). The molecule has 2 amide bonds. The van der Waals surface area contributed by atoms with Crippen molar-refractivity contribution in [2.24, 2.45) is 34.8 Å². The number of phenols is 1. The molecule has 16 heteroatoms. The van der Waals surface area contributed by atoms with Crippen molar-refractivity contribution in [2.75, 3.05) is 51.9 Å². The number of anilines is 1. The van der Waals surface area contributed by atoms with E-state index in [0.29, 0.717) is 48.6 Å². The van der Waals surface area contributed by atoms with Crippen LogP contribution in [0.3, 0.4) is 0 Å². The molecule has 7 atom stereocenters. The highest BCUT2D eigenvalue weighted by Gasteiger charge is 2.56. The van der Waals surface area contributed by atoms with Crippen LogP contribution in [0.15, 0.2) is 30.3 Å². The van der Waals surface area contributed by atoms with Crippen LogP contribution in [-0.4, -0.2) is 75.4 Å². The molecule has 0 aromatic heterocycles. The number of amides is 2. The third-order valence-electron chi connectivity index (χ3n) is 13.9. The van der Waals surface area contributed by atoms with Gasteiger partial charge in [0.05, 0.1) is 38.7 Å². The lowest BCUT2D eigenvalue weighted by Crippen LogP contribution is -2.45. The Morgan fingerprint density at radius 2 is 1.59 bits per heavy atom. The van der Waals surface area contributed by atoms with E-state index in [1.807, 2.05) is 6.07 Å². The summed E-state index contributed by atoms with van der Waals surface area (Å²) in [5, 5.41) is 12.5. The van der Waals surface area contributed by atoms with E-state index in [4.69, 9.17) is 44.0 Å². The summed E-state index contributed by atoms with van der Waals surface area (Å²) in [7, 11) is -3.87. The fourth-order valence-corrected chi connectivity index (χ4v) is 11.3. The number of primary amides is 1. The third kappa shape index (κ3) is 13.6. The molecule has 3 aliphatic carbocycles. The summed E-state index contributed by atoms with van der Waals surface area (Å²) >= 11 is 0. The second-order valence-electron chi connectivity index (χ2n) is 18.1. The Kier molecular flexibility index (Phi) is 19.6. The van der Waals surface area contributed by atoms with Crippen molar-refractivity contribution in [1.29, 1.82) is 0 Å². The van der Waals surface area contributed by atoms with E-state index in [0.717, 1.165) is 89.9 Å². The number of benzene rings is 2. The first kappa shape index (κ1) is 51.1. The minimum Gasteiger partial charge on any atom is -0.505 e. The number of aryl methyl sites for hydroxylation is 1. The van der Waals surface area contributed by atoms with E-state index in [2.05, 4.69) is 52.1 Å². The molecule has 0 bridgehead atoms. The maximum absolute atomic E-state index is 14.3. The molecule has 2 aromatic carbocycles. The van der Waals surface area contributed by atoms with Crippen LogP contribution in [0.1, 0.15) is 145 Å². The van der Waals surface area contributed by atoms with E-state index in [1.54, 1.807) is 0 Å². The SMILES string of the molecule is CCCCC(CC)COP(=O)(OCC(CC)CCCC)Oc1ccc2c(c1)CCC1C2CCC2(C)C(OC(=O)COCCOCCNC(=O)Oc3ccc(N)c(O)c3C(N)=O)CCC12. The fourth-order valence-electron chi connectivity index (χ4n) is 10.0. The van der Waals surface area contributed by atoms with Gasteiger partial charge >= 0.3 is 19.9 Å². The van der Waals surface area contributed by atoms with Gasteiger partial charge in [-0.1, -0.05) is 79.2 Å². The zero-order valence-electron chi connectivity index (χ0n) is 38.7. The van der Waals surface area contributed by atoms with Crippen LogP contribution in [0, 0.1) is 29.1 Å². The number of ether oxygens (including phenoxy) is 4. The van der Waals surface area contributed by atoms with Crippen LogP contribution in [-0.2, 0) is 39.0 Å². The Morgan fingerprint density at radius 3 is 2.25 bits per heavy atom. The second-order valence-corrected chi connectivity index (χ2v) is 19.7. The summed E-state index contributed by atoms with van der Waals surface area (Å²) in [5.74, 6) is 0.239. The molecule has 2 aromatic rings. The average Bonchev–Trinajstić information content (AvgIpc) is 3.60. The number of phosphoric ester groups is 1. The molecule has 2 fully saturated rings. The number of esters is 1. The van der Waals surface area contributed by atoms with Gasteiger partial charge in [-0.15, -0.1) is 0 Å². The van der Waals surface area contributed by atoms with Crippen LogP contribution < -0.4 is 26.0 Å². The summed E-state index contributed by atoms with van der Waals surface area (Å²) < 4.78 is 55.0. The molecule has 358 valence electrons. The number of phosphoric acid groups is 1. The maximum atomic E-state index is 14.3. The zero-order valence-corrected chi connectivity index (χ0v) is 39.6. The number of nitrogen functional groups attached to an aromatic ring is 1. The third-order valence-corrected chi connectivity index (χ3v) is 15.2. The number of nitrogens with one attached hydrogen (secondary N) is 1. The summed E-state index contributed by atoms with van der Waals surface area (Å²) in [6, 6.07) is 8.70. The van der Waals surface area contributed by atoms with Gasteiger partial charge in [-0.05, 0) is 116 Å². The predicted molar refractivity (Wildman–Crippen MR) is 244 cm³/mol. The Labute approximate surface area is 379 Å². The first-order valence-corrected chi connectivity index (χ1v) is 25.1. The molecular formula is C48H74N3O12P. The van der Waals surface area contributed by atoms with Crippen LogP contribution >= 0.6 is 7.82 Å². The smallest absolute Gasteiger partial charge is 0.505 e. The molecule has 7 unspecified atom stereocenters. The molecule has 2 saturated carbocycles. The summed E-state index contributed by atoms with van der Waals surface area (Å²) in [5.41, 5.74) is 12.8. The number of fused-ring (bicyclic) bond motifs is 5. The van der Waals surface area contributed by atoms with Gasteiger partial charge in [0.15, 0.2) is 5.75 Å². The van der Waals surface area contributed by atoms with Gasteiger partial charge in [-0.3, -0.25) is 13.8 Å². The molecular weight excluding hydrogens is 842 g/mol. The largest absolute Gasteiger partial charge is 0.530 e. The fraction of sp³-hybridized carbons (Fsp3) is 0.688. The van der Waals surface area contributed by atoms with E-state index < -0.39 is 37.1 Å². The van der Waals surface area contributed by atoms with Gasteiger partial charge in [-0.25, -0.2) is 14.2 Å². The minimum absolute atomic E-state index is 0.0805. The summed E-state index contributed by atoms with van der Waals surface area (Å²) in [6.45, 7) is 12.0. The summed E-state index contributed by atoms with van der Waals surface area (Å²) in [6.07, 6.45) is 13.0. The Morgan fingerprint density at radius 1 is 0.906 bits per heavy atom. The van der Waals surface area contributed by atoms with Crippen LogP contribution in [0.25, 0.3) is 0 Å². The van der Waals surface area contributed by atoms with Crippen LogP contribution in [0.4, 0.5) is 10.5 Å². The maximum Gasteiger partial charge on any atom is 0.530 e. The Bertz CT molecular complexity index is 1870. The van der Waals surface area contributed by atoms with Gasteiger partial charge < -0.3 is 45.4 Å². The number of carbonyl (C=O) groups is 3. The first-order chi connectivity index (χ1) is 30.7. The topological polar surface area (TPSA) is 217 Å². The molecule has 0 aliphatic heterocycles. The van der Waals surface area contributed by atoms with Crippen molar-refractivity contribution in [2.45, 2.75) is 137 Å². The average molecular weight is 916 g/mol. The lowest BCUT2D eigenvalue weighted by atomic mass is 9.55. The molecule has 0 spiro atoms. The van der Waals surface area contributed by atoms with Crippen molar-refractivity contribution in [3.05, 3.63) is 47.0 Å². The Balaban J connectivity index is 1.07. The quantitative estimate of drug-likeness (QED) is 0.0216. The molecule has 64 heavy (non-hydrogen) atoms. The van der Waals surface area contributed by atoms with E-state index in [-0.39, 0.29) is 55.9 Å². The highest BCUT2D eigenvalue weighted by molar-refractivity contribution is 7.48. The van der Waals surface area contributed by atoms with Crippen molar-refractivity contribution >= 4 is 31.5 Å². The van der Waals surface area contributed by atoms with E-state index in [9.17, 15) is 24.1 Å². The predicted octanol–water partition coefficient (Wildman–Crippen LogP) is 9.62. The van der Waals surface area contributed by atoms with E-state index >= 15 is 0 Å². The van der Waals surface area contributed by atoms with E-state index in [1.165, 1.54) is 23.3 Å². The highest BCUT2D eigenvalue weighted by Crippen LogP contribution is 2.62. The molecule has 5 rings (SSSR count). The van der Waals surface area contributed by atoms with Crippen molar-refractivity contribution in [3.63, 3.8) is 0 Å². The molecule has 0 saturated heterocycles. The van der Waals surface area contributed by atoms with Crippen LogP contribution in [0.5, 0.6) is 17.2 Å². The van der Waals surface area contributed by atoms with Crippen molar-refractivity contribution in [1.82, 2.24) is 5.32 Å². The number of nitrogens with two attached hydrogens (primary N) is 2. The summed E-state index contributed by atoms with van der Waals surface area (Å²) in [4.78, 5) is 36.8. The molecule has 15 nitrogen and oxygen atoms in total. The number of unbranched alkanes of at least 4 members (excludes halogenated alkanes) is 2. The first-order valence-electron chi connectivity index (χ1n) is 23.7. The van der Waals surface area contributed by atoms with Crippen molar-refractivity contribution in [3.8, 4) is 17.2 Å². The van der Waals surface area contributed by atoms with Gasteiger partial charge in [0.25, 0.3) is 5.91 Å². The highest BCUT2D eigenvalue weighted by atomic mass is 31.2. The molecule has 6 N–H and O–H groups in total. The van der Waals surface area contributed by atoms with Gasteiger partial charge in [0.1, 0.15) is 29.8 Å². The Hall–Kier alpha value is -3.88. The number of hydrogen-bond acceptors (Lipinski definition) is 13. The number of hydrogen-bond donors (Lipinski definition) is 4.